The molecular formula is C15H18N4O. The smallest absolute Gasteiger partial charge is 0.175 e. The molecule has 0 aliphatic heterocycles. The minimum atomic E-state index is 0.0290. The Balaban J connectivity index is 2.46. The number of benzene rings is 1. The summed E-state index contributed by atoms with van der Waals surface area (Å²) in [7, 11) is 1.88. The molecule has 104 valence electrons. The number of amidine groups is 1. The van der Waals surface area contributed by atoms with Gasteiger partial charge in [0.2, 0.25) is 0 Å². The number of rotatable bonds is 5. The van der Waals surface area contributed by atoms with Crippen LogP contribution in [0.2, 0.25) is 0 Å². The van der Waals surface area contributed by atoms with Gasteiger partial charge in [-0.15, -0.1) is 0 Å². The lowest BCUT2D eigenvalue weighted by Crippen LogP contribution is -2.19. The lowest BCUT2D eigenvalue weighted by atomic mass is 10.1. The van der Waals surface area contributed by atoms with Gasteiger partial charge in [0.05, 0.1) is 12.3 Å². The number of pyridine rings is 1. The Labute approximate surface area is 118 Å². The van der Waals surface area contributed by atoms with Crippen LogP contribution in [0.3, 0.4) is 0 Å². The molecule has 3 N–H and O–H groups in total. The van der Waals surface area contributed by atoms with Crippen molar-refractivity contribution in [2.24, 2.45) is 5.73 Å². The van der Waals surface area contributed by atoms with Gasteiger partial charge < -0.3 is 15.4 Å². The number of nitrogen functional groups attached to an aromatic ring is 1. The van der Waals surface area contributed by atoms with E-state index in [9.17, 15) is 0 Å². The predicted octanol–water partition coefficient (Wildman–Crippen LogP) is 2.53. The summed E-state index contributed by atoms with van der Waals surface area (Å²) in [6.45, 7) is 2.50. The highest BCUT2D eigenvalue weighted by atomic mass is 16.5. The molecule has 5 heteroatoms. The molecule has 0 aliphatic rings. The van der Waals surface area contributed by atoms with Crippen LogP contribution in [0.5, 0.6) is 5.75 Å². The molecule has 1 aromatic carbocycles. The van der Waals surface area contributed by atoms with Crippen LogP contribution < -0.4 is 15.4 Å². The van der Waals surface area contributed by atoms with Crippen molar-refractivity contribution in [3.05, 3.63) is 48.2 Å². The molecule has 0 spiro atoms. The molecule has 0 atom stereocenters. The molecule has 2 aromatic rings. The second kappa shape index (κ2) is 6.06. The fourth-order valence-electron chi connectivity index (χ4n) is 2.01. The second-order valence-corrected chi connectivity index (χ2v) is 4.25. The Bertz CT molecular complexity index is 612. The van der Waals surface area contributed by atoms with E-state index in [1.54, 1.807) is 6.20 Å². The number of nitrogens with zero attached hydrogens (tertiary/aromatic N) is 2. The monoisotopic (exact) mass is 270 g/mol. The van der Waals surface area contributed by atoms with Crippen LogP contribution in [-0.4, -0.2) is 24.5 Å². The van der Waals surface area contributed by atoms with Crippen molar-refractivity contribution in [3.8, 4) is 5.75 Å². The number of anilines is 2. The molecule has 5 nitrogen and oxygen atoms in total. The molecule has 0 fully saturated rings. The fourth-order valence-corrected chi connectivity index (χ4v) is 2.01. The third-order valence-corrected chi connectivity index (χ3v) is 2.92. The van der Waals surface area contributed by atoms with E-state index < -0.39 is 0 Å². The molecule has 0 unspecified atom stereocenters. The fraction of sp³-hybridized carbons (Fsp3) is 0.200. The maximum absolute atomic E-state index is 7.67. The van der Waals surface area contributed by atoms with Crippen LogP contribution in [0.15, 0.2) is 42.6 Å². The van der Waals surface area contributed by atoms with Crippen molar-refractivity contribution in [2.45, 2.75) is 6.92 Å². The van der Waals surface area contributed by atoms with Crippen LogP contribution in [-0.2, 0) is 0 Å². The van der Waals surface area contributed by atoms with Gasteiger partial charge in [-0.05, 0) is 31.2 Å². The molecular weight excluding hydrogens is 252 g/mol. The van der Waals surface area contributed by atoms with Crippen LogP contribution in [0, 0.1) is 5.41 Å². The van der Waals surface area contributed by atoms with E-state index in [0.29, 0.717) is 23.7 Å². The van der Waals surface area contributed by atoms with Crippen LogP contribution >= 0.6 is 0 Å². The first-order valence-corrected chi connectivity index (χ1v) is 6.40. The zero-order valence-electron chi connectivity index (χ0n) is 11.6. The Hall–Kier alpha value is -2.56. The van der Waals surface area contributed by atoms with Gasteiger partial charge in [-0.1, -0.05) is 12.1 Å². The zero-order valence-corrected chi connectivity index (χ0v) is 11.6. The van der Waals surface area contributed by atoms with Gasteiger partial charge in [0.15, 0.2) is 11.6 Å². The summed E-state index contributed by atoms with van der Waals surface area (Å²) >= 11 is 0. The number of aromatic nitrogens is 1. The van der Waals surface area contributed by atoms with Gasteiger partial charge in [-0.25, -0.2) is 4.98 Å². The second-order valence-electron chi connectivity index (χ2n) is 4.25. The van der Waals surface area contributed by atoms with E-state index in [4.69, 9.17) is 15.9 Å². The molecule has 2 rings (SSSR count). The number of ether oxygens (including phenoxy) is 1. The highest BCUT2D eigenvalue weighted by molar-refractivity contribution is 6.01. The Kier molecular flexibility index (Phi) is 4.20. The lowest BCUT2D eigenvalue weighted by Gasteiger charge is -2.23. The standard InChI is InChI=1S/C15H18N4O/c1-3-20-13-9-6-10-18-15(13)19(2)12-8-5-4-7-11(12)14(16)17/h4-10H,3H2,1-2H3,(H3,16,17). The zero-order chi connectivity index (χ0) is 14.5. The van der Waals surface area contributed by atoms with Crippen LogP contribution in [0.1, 0.15) is 12.5 Å². The van der Waals surface area contributed by atoms with E-state index in [1.807, 2.05) is 55.3 Å². The number of nitrogens with one attached hydrogen (secondary N) is 1. The molecule has 0 aliphatic carbocycles. The maximum atomic E-state index is 7.67. The number of para-hydroxylation sites is 1. The largest absolute Gasteiger partial charge is 0.490 e. The summed E-state index contributed by atoms with van der Waals surface area (Å²) in [5.74, 6) is 1.43. The van der Waals surface area contributed by atoms with Crippen molar-refractivity contribution in [3.63, 3.8) is 0 Å². The average Bonchev–Trinajstić information content (AvgIpc) is 2.47. The lowest BCUT2D eigenvalue weighted by molar-refractivity contribution is 0.340. The molecule has 0 amide bonds. The molecule has 0 saturated carbocycles. The van der Waals surface area contributed by atoms with E-state index in [1.165, 1.54) is 0 Å². The summed E-state index contributed by atoms with van der Waals surface area (Å²) in [4.78, 5) is 6.24. The van der Waals surface area contributed by atoms with Crippen molar-refractivity contribution in [1.29, 1.82) is 5.41 Å². The molecule has 20 heavy (non-hydrogen) atoms. The molecule has 1 aromatic heterocycles. The third-order valence-electron chi connectivity index (χ3n) is 2.92. The van der Waals surface area contributed by atoms with Crippen molar-refractivity contribution in [2.75, 3.05) is 18.6 Å². The minimum Gasteiger partial charge on any atom is -0.490 e. The van der Waals surface area contributed by atoms with E-state index in [2.05, 4.69) is 4.98 Å². The first-order valence-electron chi connectivity index (χ1n) is 6.40. The first kappa shape index (κ1) is 13.9. The Morgan fingerprint density at radius 1 is 1.30 bits per heavy atom. The van der Waals surface area contributed by atoms with Gasteiger partial charge in [-0.2, -0.15) is 0 Å². The highest BCUT2D eigenvalue weighted by Crippen LogP contribution is 2.31. The van der Waals surface area contributed by atoms with Gasteiger partial charge in [0.25, 0.3) is 0 Å². The van der Waals surface area contributed by atoms with E-state index in [0.717, 1.165) is 5.69 Å². The summed E-state index contributed by atoms with van der Waals surface area (Å²) in [6.07, 6.45) is 1.71. The third kappa shape index (κ3) is 2.71. The summed E-state index contributed by atoms with van der Waals surface area (Å²) in [5, 5.41) is 7.67. The quantitative estimate of drug-likeness (QED) is 0.646. The Morgan fingerprint density at radius 3 is 2.75 bits per heavy atom. The predicted molar refractivity (Wildman–Crippen MR) is 80.9 cm³/mol. The summed E-state index contributed by atoms with van der Waals surface area (Å²) in [6, 6.07) is 11.2. The number of hydrogen-bond donors (Lipinski definition) is 2. The van der Waals surface area contributed by atoms with Gasteiger partial charge in [0, 0.05) is 18.8 Å². The Morgan fingerprint density at radius 2 is 2.05 bits per heavy atom. The van der Waals surface area contributed by atoms with Crippen molar-refractivity contribution in [1.82, 2.24) is 4.98 Å². The van der Waals surface area contributed by atoms with Crippen LogP contribution in [0.25, 0.3) is 0 Å². The van der Waals surface area contributed by atoms with E-state index in [-0.39, 0.29) is 5.84 Å². The molecule has 0 radical (unpaired) electrons. The highest BCUT2D eigenvalue weighted by Gasteiger charge is 2.15. The van der Waals surface area contributed by atoms with Gasteiger partial charge >= 0.3 is 0 Å². The summed E-state index contributed by atoms with van der Waals surface area (Å²) < 4.78 is 5.59. The maximum Gasteiger partial charge on any atom is 0.175 e. The normalized spacial score (nSPS) is 10.1. The van der Waals surface area contributed by atoms with Crippen LogP contribution in [0.4, 0.5) is 11.5 Å². The molecule has 0 bridgehead atoms. The van der Waals surface area contributed by atoms with E-state index >= 15 is 0 Å². The average molecular weight is 270 g/mol. The van der Waals surface area contributed by atoms with Gasteiger partial charge in [-0.3, -0.25) is 5.41 Å². The molecule has 1 heterocycles. The topological polar surface area (TPSA) is 75.2 Å². The van der Waals surface area contributed by atoms with Crippen molar-refractivity contribution >= 4 is 17.3 Å². The van der Waals surface area contributed by atoms with Gasteiger partial charge in [0.1, 0.15) is 5.84 Å². The SMILES string of the molecule is CCOc1cccnc1N(C)c1ccccc1C(=N)N. The first-order chi connectivity index (χ1) is 9.65. The number of nitrogens with two attached hydrogens (primary N) is 1. The molecule has 0 saturated heterocycles. The minimum absolute atomic E-state index is 0.0290. The summed E-state index contributed by atoms with van der Waals surface area (Å²) in [5.41, 5.74) is 7.12. The number of hydrogen-bond acceptors (Lipinski definition) is 4. The van der Waals surface area contributed by atoms with Crippen molar-refractivity contribution < 1.29 is 4.74 Å².